The number of Topliss-reactive ketones (excluding diaryl/α,β-unsaturated/α-hetero) is 1. The van der Waals surface area contributed by atoms with Gasteiger partial charge in [-0.05, 0) is 5.56 Å². The Balaban J connectivity index is 2.05. The number of ketones is 1. The summed E-state index contributed by atoms with van der Waals surface area (Å²) in [4.78, 5) is 22.9. The minimum Gasteiger partial charge on any atom is -0.293 e. The largest absolute Gasteiger partial charge is 0.293 e. The standard InChI is InChI=1S/C16H14O3/c17-15(13-7-3-1-4-8-13)16(11-18-19-12-16)14-9-5-2-6-10-14/h1-10H,11-12H2. The molecular weight excluding hydrogens is 240 g/mol. The van der Waals surface area contributed by atoms with E-state index in [1.54, 1.807) is 0 Å². The van der Waals surface area contributed by atoms with Crippen LogP contribution in [0, 0.1) is 0 Å². The minimum atomic E-state index is -0.734. The van der Waals surface area contributed by atoms with Crippen molar-refractivity contribution in [3.05, 3.63) is 71.8 Å². The molecule has 96 valence electrons. The summed E-state index contributed by atoms with van der Waals surface area (Å²) in [5.41, 5.74) is 0.879. The van der Waals surface area contributed by atoms with Gasteiger partial charge in [0.2, 0.25) is 0 Å². The number of rotatable bonds is 3. The van der Waals surface area contributed by atoms with Crippen molar-refractivity contribution in [1.82, 2.24) is 0 Å². The monoisotopic (exact) mass is 254 g/mol. The van der Waals surface area contributed by atoms with Crippen molar-refractivity contribution in [3.8, 4) is 0 Å². The maximum atomic E-state index is 12.8. The van der Waals surface area contributed by atoms with E-state index in [9.17, 15) is 4.79 Å². The van der Waals surface area contributed by atoms with Crippen LogP contribution in [0.5, 0.6) is 0 Å². The highest BCUT2D eigenvalue weighted by Gasteiger charge is 2.45. The normalized spacial score (nSPS) is 17.3. The number of carbonyl (C=O) groups excluding carboxylic acids is 1. The zero-order valence-corrected chi connectivity index (χ0v) is 10.4. The van der Waals surface area contributed by atoms with Gasteiger partial charge in [0.1, 0.15) is 18.6 Å². The van der Waals surface area contributed by atoms with Gasteiger partial charge >= 0.3 is 0 Å². The molecule has 0 amide bonds. The molecule has 1 saturated heterocycles. The molecule has 0 N–H and O–H groups in total. The van der Waals surface area contributed by atoms with Gasteiger partial charge in [-0.15, -0.1) is 0 Å². The van der Waals surface area contributed by atoms with Crippen LogP contribution in [0.25, 0.3) is 0 Å². The molecule has 0 atom stereocenters. The SMILES string of the molecule is O=C(c1ccccc1)C1(c2ccccc2)COOC1. The van der Waals surface area contributed by atoms with Crippen LogP contribution in [0.15, 0.2) is 60.7 Å². The summed E-state index contributed by atoms with van der Waals surface area (Å²) in [6.45, 7) is 0.509. The van der Waals surface area contributed by atoms with Gasteiger partial charge in [0.15, 0.2) is 5.78 Å². The van der Waals surface area contributed by atoms with Crippen molar-refractivity contribution in [2.45, 2.75) is 5.41 Å². The van der Waals surface area contributed by atoms with E-state index in [0.717, 1.165) is 5.56 Å². The maximum Gasteiger partial charge on any atom is 0.178 e. The molecule has 0 bridgehead atoms. The molecular formula is C16H14O3. The van der Waals surface area contributed by atoms with E-state index in [4.69, 9.17) is 9.78 Å². The Morgan fingerprint density at radius 2 is 1.37 bits per heavy atom. The first-order valence-corrected chi connectivity index (χ1v) is 6.23. The Labute approximate surface area is 111 Å². The highest BCUT2D eigenvalue weighted by molar-refractivity contribution is 6.04. The summed E-state index contributed by atoms with van der Waals surface area (Å²) in [6.07, 6.45) is 0. The van der Waals surface area contributed by atoms with Crippen LogP contribution in [-0.2, 0) is 15.2 Å². The molecule has 0 spiro atoms. The molecule has 1 heterocycles. The van der Waals surface area contributed by atoms with Gasteiger partial charge in [0, 0.05) is 5.56 Å². The number of benzene rings is 2. The first kappa shape index (κ1) is 12.1. The molecule has 3 nitrogen and oxygen atoms in total. The lowest BCUT2D eigenvalue weighted by molar-refractivity contribution is -0.248. The van der Waals surface area contributed by atoms with E-state index in [-0.39, 0.29) is 19.0 Å². The topological polar surface area (TPSA) is 35.5 Å². The summed E-state index contributed by atoms with van der Waals surface area (Å²) in [5, 5.41) is 0. The summed E-state index contributed by atoms with van der Waals surface area (Å²) in [7, 11) is 0. The van der Waals surface area contributed by atoms with Crippen molar-refractivity contribution >= 4 is 5.78 Å². The molecule has 0 unspecified atom stereocenters. The van der Waals surface area contributed by atoms with E-state index in [2.05, 4.69) is 0 Å². The zero-order valence-electron chi connectivity index (χ0n) is 10.4. The Kier molecular flexibility index (Phi) is 3.15. The molecule has 1 aliphatic rings. The molecule has 1 aliphatic heterocycles. The maximum absolute atomic E-state index is 12.8. The predicted molar refractivity (Wildman–Crippen MR) is 70.8 cm³/mol. The third-order valence-corrected chi connectivity index (χ3v) is 3.49. The fourth-order valence-electron chi connectivity index (χ4n) is 2.38. The highest BCUT2D eigenvalue weighted by atomic mass is 17.2. The molecule has 0 aromatic heterocycles. The van der Waals surface area contributed by atoms with Gasteiger partial charge in [-0.25, -0.2) is 9.78 Å². The first-order chi connectivity index (χ1) is 9.33. The molecule has 1 fully saturated rings. The summed E-state index contributed by atoms with van der Waals surface area (Å²) in [5.74, 6) is 0.0387. The van der Waals surface area contributed by atoms with Gasteiger partial charge in [0.05, 0.1) is 0 Å². The highest BCUT2D eigenvalue weighted by Crippen LogP contribution is 2.33. The summed E-state index contributed by atoms with van der Waals surface area (Å²) < 4.78 is 0. The molecule has 0 radical (unpaired) electrons. The predicted octanol–water partition coefficient (Wildman–Crippen LogP) is 2.77. The molecule has 2 aromatic rings. The number of hydrogen-bond acceptors (Lipinski definition) is 3. The summed E-state index contributed by atoms with van der Waals surface area (Å²) in [6, 6.07) is 18.9. The third-order valence-electron chi connectivity index (χ3n) is 3.49. The van der Waals surface area contributed by atoms with Crippen LogP contribution in [0.1, 0.15) is 15.9 Å². The molecule has 3 rings (SSSR count). The second-order valence-corrected chi connectivity index (χ2v) is 4.67. The Morgan fingerprint density at radius 1 is 0.842 bits per heavy atom. The number of carbonyl (C=O) groups is 1. The zero-order chi connectivity index (χ0) is 13.1. The van der Waals surface area contributed by atoms with Crippen molar-refractivity contribution in [1.29, 1.82) is 0 Å². The lowest BCUT2D eigenvalue weighted by Gasteiger charge is -2.24. The van der Waals surface area contributed by atoms with Crippen LogP contribution in [0.2, 0.25) is 0 Å². The van der Waals surface area contributed by atoms with E-state index < -0.39 is 5.41 Å². The fourth-order valence-corrected chi connectivity index (χ4v) is 2.38. The van der Waals surface area contributed by atoms with Gasteiger partial charge in [0.25, 0.3) is 0 Å². The Morgan fingerprint density at radius 3 is 1.95 bits per heavy atom. The average Bonchev–Trinajstić information content (AvgIpc) is 2.99. The van der Waals surface area contributed by atoms with Crippen LogP contribution >= 0.6 is 0 Å². The second-order valence-electron chi connectivity index (χ2n) is 4.67. The van der Waals surface area contributed by atoms with Crippen LogP contribution < -0.4 is 0 Å². The first-order valence-electron chi connectivity index (χ1n) is 6.23. The second kappa shape index (κ2) is 4.96. The lowest BCUT2D eigenvalue weighted by atomic mass is 9.76. The van der Waals surface area contributed by atoms with Gasteiger partial charge in [-0.2, -0.15) is 0 Å². The van der Waals surface area contributed by atoms with Crippen LogP contribution in [-0.4, -0.2) is 19.0 Å². The average molecular weight is 254 g/mol. The van der Waals surface area contributed by atoms with Crippen LogP contribution in [0.4, 0.5) is 0 Å². The van der Waals surface area contributed by atoms with E-state index >= 15 is 0 Å². The van der Waals surface area contributed by atoms with Crippen molar-refractivity contribution in [3.63, 3.8) is 0 Å². The van der Waals surface area contributed by atoms with Gasteiger partial charge < -0.3 is 0 Å². The molecule has 3 heteroatoms. The molecule has 2 aromatic carbocycles. The van der Waals surface area contributed by atoms with Crippen molar-refractivity contribution < 1.29 is 14.6 Å². The van der Waals surface area contributed by atoms with E-state index in [1.807, 2.05) is 60.7 Å². The number of hydrogen-bond donors (Lipinski definition) is 0. The van der Waals surface area contributed by atoms with E-state index in [0.29, 0.717) is 5.56 Å². The Hall–Kier alpha value is -1.97. The van der Waals surface area contributed by atoms with Gasteiger partial charge in [-0.3, -0.25) is 4.79 Å². The molecule has 0 aliphatic carbocycles. The lowest BCUT2D eigenvalue weighted by Crippen LogP contribution is -2.39. The third kappa shape index (κ3) is 2.07. The smallest absolute Gasteiger partial charge is 0.178 e. The summed E-state index contributed by atoms with van der Waals surface area (Å²) >= 11 is 0. The van der Waals surface area contributed by atoms with Crippen molar-refractivity contribution in [2.24, 2.45) is 0 Å². The Bertz CT molecular complexity index is 557. The van der Waals surface area contributed by atoms with Crippen molar-refractivity contribution in [2.75, 3.05) is 13.2 Å². The fraction of sp³-hybridized carbons (Fsp3) is 0.188. The molecule has 19 heavy (non-hydrogen) atoms. The quantitative estimate of drug-likeness (QED) is 0.624. The minimum absolute atomic E-state index is 0.0387. The molecule has 0 saturated carbocycles. The van der Waals surface area contributed by atoms with Crippen LogP contribution in [0.3, 0.4) is 0 Å². The van der Waals surface area contributed by atoms with E-state index in [1.165, 1.54) is 0 Å². The van der Waals surface area contributed by atoms with Gasteiger partial charge in [-0.1, -0.05) is 60.7 Å².